The first-order chi connectivity index (χ1) is 24.0. The summed E-state index contributed by atoms with van der Waals surface area (Å²) in [4.78, 5) is 12.5. The van der Waals surface area contributed by atoms with Crippen molar-refractivity contribution in [1.82, 2.24) is 5.32 Å². The van der Waals surface area contributed by atoms with Crippen LogP contribution in [0.15, 0.2) is 47.1 Å². The van der Waals surface area contributed by atoms with Crippen LogP contribution in [0.5, 0.6) is 11.5 Å². The Labute approximate surface area is 291 Å². The van der Waals surface area contributed by atoms with Crippen LogP contribution in [0.2, 0.25) is 0 Å². The standard InChI is InChI=1S/C37H51NO12/c1-4-46-28(42)10-7-22-18-23-12-16-47-29(23)31(48-17-15-38-14-5-6-21(2)3)30(22)50-34-37(45)32-24-8-9-26(41)35(32,20-40)13-11-25(24)36(44,33(37)43)27(19-39)49-34/h8-9,11-13,16,18,21,24-27,32-34,38-41,43-45H,4-7,10,14-15,17,19-20H2,1-3H3/t24-,25-,26-,27-,32+,33+,34-,35-,36+,37-/m1/s1. The second kappa shape index (κ2) is 14.5. The van der Waals surface area contributed by atoms with Crippen LogP contribution in [-0.2, 0) is 20.7 Å². The summed E-state index contributed by atoms with van der Waals surface area (Å²) < 4.78 is 30.2. The second-order valence-electron chi connectivity index (χ2n) is 14.4. The quantitative estimate of drug-likeness (QED) is 0.0757. The number of ether oxygens (including phenoxy) is 4. The van der Waals surface area contributed by atoms with E-state index in [0.29, 0.717) is 29.0 Å². The molecule has 0 amide bonds. The summed E-state index contributed by atoms with van der Waals surface area (Å²) in [7, 11) is 0. The van der Waals surface area contributed by atoms with E-state index in [1.54, 1.807) is 37.3 Å². The van der Waals surface area contributed by atoms with Gasteiger partial charge < -0.3 is 59.3 Å². The molecule has 1 saturated carbocycles. The lowest BCUT2D eigenvalue weighted by Crippen LogP contribution is -2.85. The van der Waals surface area contributed by atoms with E-state index in [1.807, 2.05) is 0 Å². The minimum absolute atomic E-state index is 0.0103. The lowest BCUT2D eigenvalue weighted by molar-refractivity contribution is -0.408. The highest BCUT2D eigenvalue weighted by Crippen LogP contribution is 2.64. The van der Waals surface area contributed by atoms with E-state index in [-0.39, 0.29) is 37.6 Å². The van der Waals surface area contributed by atoms with Crippen molar-refractivity contribution >= 4 is 16.9 Å². The number of nitrogens with one attached hydrogen (secondary N) is 1. The molecule has 6 rings (SSSR count). The van der Waals surface area contributed by atoms with Gasteiger partial charge >= 0.3 is 5.97 Å². The molecule has 13 nitrogen and oxygen atoms in total. The molecule has 13 heteroatoms. The summed E-state index contributed by atoms with van der Waals surface area (Å²) >= 11 is 0. The SMILES string of the molecule is CCOC(=O)CCc1cc2ccoc2c(OCCNCCCC(C)C)c1O[C@H]1O[C@H](CO)[C@]2(O)[C@H](O)[C@]1(O)[C@H]1[C@@H]3C=C[C@@H](O)[C@]1(CO)C=C[C@H]32. The first kappa shape index (κ1) is 36.8. The largest absolute Gasteiger partial charge is 0.485 e. The molecule has 0 spiro atoms. The topological polar surface area (TPSA) is 201 Å². The molecule has 10 atom stereocenters. The maximum absolute atomic E-state index is 12.8. The summed E-state index contributed by atoms with van der Waals surface area (Å²) in [5.41, 5.74) is -5.23. The summed E-state index contributed by atoms with van der Waals surface area (Å²) in [5, 5.41) is 73.4. The fourth-order valence-corrected chi connectivity index (χ4v) is 8.65. The molecule has 2 fully saturated rings. The van der Waals surface area contributed by atoms with Crippen molar-refractivity contribution in [3.8, 4) is 11.5 Å². The van der Waals surface area contributed by atoms with Gasteiger partial charge in [0, 0.05) is 35.6 Å². The molecule has 1 aliphatic heterocycles. The van der Waals surface area contributed by atoms with E-state index in [9.17, 15) is 35.4 Å². The lowest BCUT2D eigenvalue weighted by atomic mass is 9.42. The third kappa shape index (κ3) is 5.95. The van der Waals surface area contributed by atoms with E-state index in [1.165, 1.54) is 12.3 Å². The number of hydrogen-bond donors (Lipinski definition) is 7. The molecule has 276 valence electrons. The van der Waals surface area contributed by atoms with Crippen molar-refractivity contribution in [3.63, 3.8) is 0 Å². The van der Waals surface area contributed by atoms with E-state index in [0.717, 1.165) is 19.4 Å². The summed E-state index contributed by atoms with van der Waals surface area (Å²) in [5.74, 6) is -2.19. The highest BCUT2D eigenvalue weighted by molar-refractivity contribution is 5.87. The molecule has 7 N–H and O–H groups in total. The molecule has 3 aliphatic carbocycles. The highest BCUT2D eigenvalue weighted by Gasteiger charge is 2.78. The number of carbonyl (C=O) groups is 1. The molecule has 1 aromatic heterocycles. The Morgan fingerprint density at radius 2 is 1.88 bits per heavy atom. The first-order valence-electron chi connectivity index (χ1n) is 17.7. The Hall–Kier alpha value is -3.01. The fraction of sp³-hybridized carbons (Fsp3) is 0.649. The van der Waals surface area contributed by atoms with Gasteiger partial charge in [0.1, 0.15) is 24.4 Å². The number of rotatable bonds is 16. The van der Waals surface area contributed by atoms with E-state index in [2.05, 4.69) is 19.2 Å². The zero-order valence-corrected chi connectivity index (χ0v) is 28.9. The molecule has 50 heavy (non-hydrogen) atoms. The highest BCUT2D eigenvalue weighted by atomic mass is 16.7. The number of esters is 1. The van der Waals surface area contributed by atoms with Crippen LogP contribution in [0.3, 0.4) is 0 Å². The number of carbonyl (C=O) groups excluding carboxylic acids is 1. The zero-order chi connectivity index (χ0) is 35.8. The Morgan fingerprint density at radius 3 is 2.60 bits per heavy atom. The summed E-state index contributed by atoms with van der Waals surface area (Å²) in [6.45, 7) is 6.47. The van der Waals surface area contributed by atoms with Gasteiger partial charge in [0.15, 0.2) is 16.9 Å². The average Bonchev–Trinajstić information content (AvgIpc) is 3.57. The molecular formula is C37H51NO12. The molecule has 4 aliphatic rings. The Morgan fingerprint density at radius 1 is 1.08 bits per heavy atom. The second-order valence-corrected chi connectivity index (χ2v) is 14.4. The molecule has 0 radical (unpaired) electrons. The molecular weight excluding hydrogens is 650 g/mol. The molecule has 2 heterocycles. The fourth-order valence-electron chi connectivity index (χ4n) is 8.65. The van der Waals surface area contributed by atoms with E-state index < -0.39 is 78.2 Å². The van der Waals surface area contributed by atoms with Gasteiger partial charge in [0.05, 0.1) is 32.2 Å². The number of fused-ring (bicyclic) bond motifs is 4. The Bertz CT molecular complexity index is 1570. The maximum atomic E-state index is 12.8. The number of aliphatic hydroxyl groups is 6. The van der Waals surface area contributed by atoms with Gasteiger partial charge in [-0.2, -0.15) is 0 Å². The molecule has 2 aromatic rings. The molecule has 0 unspecified atom stereocenters. The predicted molar refractivity (Wildman–Crippen MR) is 180 cm³/mol. The minimum atomic E-state index is -2.44. The van der Waals surface area contributed by atoms with Crippen molar-refractivity contribution in [2.75, 3.05) is 39.5 Å². The summed E-state index contributed by atoms with van der Waals surface area (Å²) in [6, 6.07) is 3.51. The van der Waals surface area contributed by atoms with Crippen molar-refractivity contribution in [3.05, 3.63) is 48.3 Å². The van der Waals surface area contributed by atoms with Crippen molar-refractivity contribution in [2.45, 2.75) is 82.3 Å². The van der Waals surface area contributed by atoms with Gasteiger partial charge in [-0.1, -0.05) is 38.2 Å². The van der Waals surface area contributed by atoms with Gasteiger partial charge in [-0.15, -0.1) is 0 Å². The predicted octanol–water partition coefficient (Wildman–Crippen LogP) is 1.59. The van der Waals surface area contributed by atoms with Crippen molar-refractivity contribution in [2.24, 2.45) is 29.1 Å². The maximum Gasteiger partial charge on any atom is 0.306 e. The van der Waals surface area contributed by atoms with Crippen LogP contribution in [-0.4, -0.2) is 112 Å². The third-order valence-corrected chi connectivity index (χ3v) is 11.1. The van der Waals surface area contributed by atoms with Crippen molar-refractivity contribution < 1.29 is 58.8 Å². The van der Waals surface area contributed by atoms with Crippen molar-refractivity contribution in [1.29, 1.82) is 0 Å². The normalized spacial score (nSPS) is 35.4. The monoisotopic (exact) mass is 701 g/mol. The number of allylic oxidation sites excluding steroid dienone is 1. The Balaban J connectivity index is 1.41. The number of aryl methyl sites for hydroxylation is 1. The van der Waals surface area contributed by atoms with Crippen LogP contribution in [0.1, 0.15) is 45.6 Å². The first-order valence-corrected chi connectivity index (χ1v) is 17.7. The minimum Gasteiger partial charge on any atom is -0.485 e. The van der Waals surface area contributed by atoms with Crippen LogP contribution >= 0.6 is 0 Å². The molecule has 1 saturated heterocycles. The van der Waals surface area contributed by atoms with Crippen LogP contribution in [0.25, 0.3) is 11.0 Å². The van der Waals surface area contributed by atoms with Crippen LogP contribution in [0, 0.1) is 29.1 Å². The van der Waals surface area contributed by atoms with Crippen LogP contribution in [0.4, 0.5) is 0 Å². The van der Waals surface area contributed by atoms with Gasteiger partial charge in [-0.25, -0.2) is 0 Å². The average molecular weight is 702 g/mol. The molecule has 1 aromatic carbocycles. The Kier molecular flexibility index (Phi) is 10.7. The molecule has 6 bridgehead atoms. The smallest absolute Gasteiger partial charge is 0.306 e. The van der Waals surface area contributed by atoms with Gasteiger partial charge in [-0.3, -0.25) is 4.79 Å². The third-order valence-electron chi connectivity index (χ3n) is 11.1. The summed E-state index contributed by atoms with van der Waals surface area (Å²) in [6.07, 6.45) is 3.73. The van der Waals surface area contributed by atoms with Gasteiger partial charge in [-0.05, 0) is 62.3 Å². The number of benzene rings is 1. The van der Waals surface area contributed by atoms with Gasteiger partial charge in [0.25, 0.3) is 0 Å². The van der Waals surface area contributed by atoms with Gasteiger partial charge in [0.2, 0.25) is 12.0 Å². The van der Waals surface area contributed by atoms with Crippen LogP contribution < -0.4 is 14.8 Å². The van der Waals surface area contributed by atoms with E-state index in [4.69, 9.17) is 23.4 Å². The van der Waals surface area contributed by atoms with E-state index >= 15 is 0 Å². The lowest BCUT2D eigenvalue weighted by Gasteiger charge is -2.69. The number of aliphatic hydroxyl groups excluding tert-OH is 4. The number of furan rings is 1. The number of hydrogen-bond acceptors (Lipinski definition) is 13. The zero-order valence-electron chi connectivity index (χ0n) is 28.9.